The fourth-order valence-electron chi connectivity index (χ4n) is 1.06. The first-order chi connectivity index (χ1) is 7.34. The average Bonchev–Trinajstić information content (AvgIpc) is 2.17. The molecule has 1 aromatic carbocycles. The summed E-state index contributed by atoms with van der Waals surface area (Å²) >= 11 is 5.79. The van der Waals surface area contributed by atoms with Gasteiger partial charge in [0.1, 0.15) is 4.75 Å². The zero-order valence-corrected chi connectivity index (χ0v) is 10.6. The van der Waals surface area contributed by atoms with Crippen LogP contribution in [-0.2, 0) is 21.3 Å². The van der Waals surface area contributed by atoms with E-state index < -0.39 is 21.5 Å². The van der Waals surface area contributed by atoms with Crippen LogP contribution in [0.2, 0.25) is 5.02 Å². The fourth-order valence-corrected chi connectivity index (χ4v) is 2.31. The minimum atomic E-state index is -1.48. The largest absolute Gasteiger partial charge is 0.480 e. The van der Waals surface area contributed by atoms with Gasteiger partial charge in [0.2, 0.25) is 0 Å². The highest BCUT2D eigenvalue weighted by molar-refractivity contribution is 7.86. The van der Waals surface area contributed by atoms with E-state index in [-0.39, 0.29) is 5.75 Å². The molecule has 0 aliphatic carbocycles. The Balaban J connectivity index is 2.83. The van der Waals surface area contributed by atoms with E-state index in [1.54, 1.807) is 24.3 Å². The van der Waals surface area contributed by atoms with E-state index in [1.165, 1.54) is 13.8 Å². The van der Waals surface area contributed by atoms with Crippen molar-refractivity contribution in [3.05, 3.63) is 34.9 Å². The first-order valence-corrected chi connectivity index (χ1v) is 6.40. The molecule has 0 aliphatic heterocycles. The van der Waals surface area contributed by atoms with Crippen LogP contribution in [0, 0.1) is 0 Å². The average molecular weight is 261 g/mol. The van der Waals surface area contributed by atoms with Crippen LogP contribution in [0.1, 0.15) is 19.4 Å². The summed E-state index contributed by atoms with van der Waals surface area (Å²) in [5.41, 5.74) is 0.778. The van der Waals surface area contributed by atoms with Crippen LogP contribution in [-0.4, -0.2) is 20.0 Å². The monoisotopic (exact) mass is 260 g/mol. The molecule has 1 aromatic rings. The third-order valence-electron chi connectivity index (χ3n) is 2.27. The second-order valence-corrected chi connectivity index (χ2v) is 6.37. The third-order valence-corrected chi connectivity index (χ3v) is 4.41. The second kappa shape index (κ2) is 4.97. The summed E-state index contributed by atoms with van der Waals surface area (Å²) in [6.07, 6.45) is 0. The van der Waals surface area contributed by atoms with Gasteiger partial charge in [0.05, 0.1) is 0 Å². The van der Waals surface area contributed by atoms with Crippen LogP contribution in [0.15, 0.2) is 24.3 Å². The van der Waals surface area contributed by atoms with E-state index in [0.717, 1.165) is 5.56 Å². The molecule has 1 unspecified atom stereocenters. The van der Waals surface area contributed by atoms with Crippen molar-refractivity contribution >= 4 is 28.4 Å². The quantitative estimate of drug-likeness (QED) is 0.905. The molecule has 0 fully saturated rings. The molecule has 88 valence electrons. The van der Waals surface area contributed by atoms with E-state index in [9.17, 15) is 9.00 Å². The van der Waals surface area contributed by atoms with Crippen molar-refractivity contribution in [1.29, 1.82) is 0 Å². The number of carbonyl (C=O) groups is 1. The minimum absolute atomic E-state index is 0.194. The number of aliphatic carboxylic acids is 1. The molecule has 0 bridgehead atoms. The Morgan fingerprint density at radius 2 is 2.12 bits per heavy atom. The van der Waals surface area contributed by atoms with Gasteiger partial charge in [-0.15, -0.1) is 0 Å². The van der Waals surface area contributed by atoms with E-state index >= 15 is 0 Å². The Labute approximate surface area is 102 Å². The van der Waals surface area contributed by atoms with Crippen LogP contribution in [0.3, 0.4) is 0 Å². The predicted octanol–water partition coefficient (Wildman–Crippen LogP) is 2.45. The van der Waals surface area contributed by atoms with Crippen LogP contribution >= 0.6 is 11.6 Å². The van der Waals surface area contributed by atoms with E-state index in [2.05, 4.69) is 0 Å². The molecule has 1 atom stereocenters. The van der Waals surface area contributed by atoms with Crippen LogP contribution in [0.25, 0.3) is 0 Å². The van der Waals surface area contributed by atoms with Crippen molar-refractivity contribution in [2.75, 3.05) is 0 Å². The Bertz CT molecular complexity index is 429. The zero-order chi connectivity index (χ0) is 12.3. The molecule has 16 heavy (non-hydrogen) atoms. The molecule has 3 nitrogen and oxygen atoms in total. The lowest BCUT2D eigenvalue weighted by Crippen LogP contribution is -2.37. The van der Waals surface area contributed by atoms with Gasteiger partial charge in [0, 0.05) is 21.6 Å². The van der Waals surface area contributed by atoms with Gasteiger partial charge in [0.25, 0.3) is 0 Å². The summed E-state index contributed by atoms with van der Waals surface area (Å²) in [7, 11) is -1.48. The summed E-state index contributed by atoms with van der Waals surface area (Å²) in [6, 6.07) is 6.94. The van der Waals surface area contributed by atoms with Crippen LogP contribution in [0.4, 0.5) is 0 Å². The lowest BCUT2D eigenvalue weighted by Gasteiger charge is -2.18. The van der Waals surface area contributed by atoms with E-state index in [0.29, 0.717) is 5.02 Å². The number of benzene rings is 1. The van der Waals surface area contributed by atoms with Gasteiger partial charge in [-0.25, -0.2) is 0 Å². The first-order valence-electron chi connectivity index (χ1n) is 4.70. The highest BCUT2D eigenvalue weighted by Crippen LogP contribution is 2.19. The molecule has 1 N–H and O–H groups in total. The number of hydrogen-bond donors (Lipinski definition) is 1. The molecule has 0 spiro atoms. The maximum atomic E-state index is 11.9. The number of carboxylic acids is 1. The van der Waals surface area contributed by atoms with Crippen molar-refractivity contribution in [1.82, 2.24) is 0 Å². The van der Waals surface area contributed by atoms with Crippen molar-refractivity contribution < 1.29 is 14.1 Å². The Kier molecular flexibility index (Phi) is 4.10. The normalized spacial score (nSPS) is 13.4. The Morgan fingerprint density at radius 3 is 2.62 bits per heavy atom. The fraction of sp³-hybridized carbons (Fsp3) is 0.364. The number of carboxylic acid groups (broad SMARTS) is 1. The van der Waals surface area contributed by atoms with E-state index in [1.807, 2.05) is 0 Å². The summed E-state index contributed by atoms with van der Waals surface area (Å²) < 4.78 is 10.6. The number of rotatable bonds is 4. The summed E-state index contributed by atoms with van der Waals surface area (Å²) in [4.78, 5) is 10.9. The first kappa shape index (κ1) is 13.2. The highest BCUT2D eigenvalue weighted by Gasteiger charge is 2.34. The molecule has 0 aromatic heterocycles. The number of hydrogen-bond acceptors (Lipinski definition) is 2. The molecule has 1 rings (SSSR count). The molecular weight excluding hydrogens is 248 g/mol. The topological polar surface area (TPSA) is 54.4 Å². The third kappa shape index (κ3) is 3.06. The lowest BCUT2D eigenvalue weighted by atomic mass is 10.2. The molecule has 5 heteroatoms. The molecule has 0 amide bonds. The molecular formula is C11H13ClO3S. The second-order valence-electron chi connectivity index (χ2n) is 3.94. The van der Waals surface area contributed by atoms with Gasteiger partial charge >= 0.3 is 5.97 Å². The maximum Gasteiger partial charge on any atom is 0.321 e. The molecule has 0 saturated carbocycles. The summed E-state index contributed by atoms with van der Waals surface area (Å²) in [5.74, 6) is -0.868. The minimum Gasteiger partial charge on any atom is -0.480 e. The molecule has 0 aliphatic rings. The van der Waals surface area contributed by atoms with Crippen molar-refractivity contribution in [3.63, 3.8) is 0 Å². The van der Waals surface area contributed by atoms with Gasteiger partial charge in [-0.05, 0) is 31.5 Å². The van der Waals surface area contributed by atoms with Crippen molar-refractivity contribution in [3.8, 4) is 0 Å². The maximum absolute atomic E-state index is 11.9. The molecule has 0 radical (unpaired) electrons. The Morgan fingerprint density at radius 1 is 1.50 bits per heavy atom. The summed E-state index contributed by atoms with van der Waals surface area (Å²) in [5, 5.41) is 9.48. The smallest absolute Gasteiger partial charge is 0.321 e. The van der Waals surface area contributed by atoms with Crippen molar-refractivity contribution in [2.24, 2.45) is 0 Å². The standard InChI is InChI=1S/C11H13ClO3S/c1-11(2,10(13)14)16(15)7-8-4-3-5-9(12)6-8/h3-6H,7H2,1-2H3,(H,13,14). The van der Waals surface area contributed by atoms with Gasteiger partial charge in [-0.1, -0.05) is 23.7 Å². The van der Waals surface area contributed by atoms with Gasteiger partial charge in [0.15, 0.2) is 0 Å². The van der Waals surface area contributed by atoms with Crippen molar-refractivity contribution in [2.45, 2.75) is 24.3 Å². The van der Waals surface area contributed by atoms with E-state index in [4.69, 9.17) is 16.7 Å². The van der Waals surface area contributed by atoms with Gasteiger partial charge < -0.3 is 5.11 Å². The zero-order valence-electron chi connectivity index (χ0n) is 9.07. The number of halogens is 1. The predicted molar refractivity (Wildman–Crippen MR) is 65.0 cm³/mol. The summed E-state index contributed by atoms with van der Waals surface area (Å²) in [6.45, 7) is 2.91. The van der Waals surface area contributed by atoms with Gasteiger partial charge in [-0.2, -0.15) is 0 Å². The van der Waals surface area contributed by atoms with Crippen LogP contribution in [0.5, 0.6) is 0 Å². The molecule has 0 heterocycles. The molecule has 0 saturated heterocycles. The SMILES string of the molecule is CC(C)(C(=O)O)S(=O)Cc1cccc(Cl)c1. The highest BCUT2D eigenvalue weighted by atomic mass is 35.5. The van der Waals surface area contributed by atoms with Gasteiger partial charge in [-0.3, -0.25) is 9.00 Å². The Hall–Kier alpha value is -0.870. The lowest BCUT2D eigenvalue weighted by molar-refractivity contribution is -0.139. The van der Waals surface area contributed by atoms with Crippen LogP contribution < -0.4 is 0 Å².